The Balaban J connectivity index is 1.57. The van der Waals surface area contributed by atoms with Crippen molar-refractivity contribution in [3.8, 4) is 23.0 Å². The maximum Gasteiger partial charge on any atom is 0.231 e. The number of ether oxygens (including phenoxy) is 4. The first kappa shape index (κ1) is 14.9. The summed E-state index contributed by atoms with van der Waals surface area (Å²) in [6.07, 6.45) is 2.00. The lowest BCUT2D eigenvalue weighted by Gasteiger charge is -2.41. The third-order valence-corrected chi connectivity index (χ3v) is 5.63. The van der Waals surface area contributed by atoms with Gasteiger partial charge in [-0.2, -0.15) is 0 Å². The quantitative estimate of drug-likeness (QED) is 0.841. The molecular weight excluding hydrogens is 318 g/mol. The first-order valence-corrected chi connectivity index (χ1v) is 8.67. The molecule has 0 radical (unpaired) electrons. The van der Waals surface area contributed by atoms with Crippen molar-refractivity contribution in [3.63, 3.8) is 0 Å². The molecule has 25 heavy (non-hydrogen) atoms. The van der Waals surface area contributed by atoms with Gasteiger partial charge in [0.25, 0.3) is 0 Å². The summed E-state index contributed by atoms with van der Waals surface area (Å²) >= 11 is 0. The molecule has 0 amide bonds. The smallest absolute Gasteiger partial charge is 0.231 e. The van der Waals surface area contributed by atoms with Gasteiger partial charge in [0, 0.05) is 24.7 Å². The Hall–Kier alpha value is -2.40. The molecule has 0 saturated carbocycles. The van der Waals surface area contributed by atoms with Crippen LogP contribution in [0.1, 0.15) is 28.3 Å². The Bertz CT molecular complexity index is 848. The SMILES string of the molecule is COc1cc2c(cc1OC)[C@H]1Cc3ccc4c(c3CN1CC2)OCO4. The maximum atomic E-state index is 5.73. The van der Waals surface area contributed by atoms with Crippen LogP contribution in [-0.4, -0.2) is 32.5 Å². The van der Waals surface area contributed by atoms with E-state index >= 15 is 0 Å². The molecule has 0 fully saturated rings. The van der Waals surface area contributed by atoms with Crippen LogP contribution in [-0.2, 0) is 19.4 Å². The predicted octanol–water partition coefficient (Wildman–Crippen LogP) is 3.09. The van der Waals surface area contributed by atoms with Crippen LogP contribution in [0.25, 0.3) is 0 Å². The number of benzene rings is 2. The van der Waals surface area contributed by atoms with E-state index in [1.165, 1.54) is 22.3 Å². The van der Waals surface area contributed by atoms with E-state index in [2.05, 4.69) is 23.1 Å². The first-order chi connectivity index (χ1) is 12.3. The molecule has 130 valence electrons. The normalized spacial score (nSPS) is 20.5. The molecule has 0 aliphatic carbocycles. The molecule has 3 aliphatic rings. The second-order valence-electron chi connectivity index (χ2n) is 6.78. The van der Waals surface area contributed by atoms with Gasteiger partial charge in [0.2, 0.25) is 6.79 Å². The summed E-state index contributed by atoms with van der Waals surface area (Å²) in [5, 5.41) is 0. The van der Waals surface area contributed by atoms with Gasteiger partial charge >= 0.3 is 0 Å². The van der Waals surface area contributed by atoms with E-state index in [0.29, 0.717) is 12.8 Å². The molecule has 0 N–H and O–H groups in total. The highest BCUT2D eigenvalue weighted by molar-refractivity contribution is 5.55. The van der Waals surface area contributed by atoms with Gasteiger partial charge in [0.1, 0.15) is 0 Å². The minimum Gasteiger partial charge on any atom is -0.493 e. The molecule has 5 nitrogen and oxygen atoms in total. The lowest BCUT2D eigenvalue weighted by Crippen LogP contribution is -2.39. The van der Waals surface area contributed by atoms with Crippen LogP contribution in [0.4, 0.5) is 0 Å². The standard InChI is InChI=1S/C20H21NO4/c1-22-18-8-13-5-6-21-10-15-12(3-4-17-20(15)25-11-24-17)7-16(21)14(13)9-19(18)23-2/h3-4,8-9,16H,5-7,10-11H2,1-2H3/t16-/m1/s1. The van der Waals surface area contributed by atoms with Crippen LogP contribution < -0.4 is 18.9 Å². The number of fused-ring (bicyclic) bond motifs is 6. The summed E-state index contributed by atoms with van der Waals surface area (Å²) in [5.41, 5.74) is 5.36. The topological polar surface area (TPSA) is 40.2 Å². The van der Waals surface area contributed by atoms with Gasteiger partial charge in [0.15, 0.2) is 23.0 Å². The highest BCUT2D eigenvalue weighted by atomic mass is 16.7. The van der Waals surface area contributed by atoms with Gasteiger partial charge in [-0.3, -0.25) is 4.90 Å². The van der Waals surface area contributed by atoms with Crippen LogP contribution in [0.3, 0.4) is 0 Å². The molecule has 0 bridgehead atoms. The zero-order chi connectivity index (χ0) is 17.0. The highest BCUT2D eigenvalue weighted by Gasteiger charge is 2.35. The lowest BCUT2D eigenvalue weighted by atomic mass is 9.83. The van der Waals surface area contributed by atoms with E-state index < -0.39 is 0 Å². The van der Waals surface area contributed by atoms with E-state index in [1.807, 2.05) is 6.07 Å². The third-order valence-electron chi connectivity index (χ3n) is 5.63. The van der Waals surface area contributed by atoms with Gasteiger partial charge in [-0.15, -0.1) is 0 Å². The largest absolute Gasteiger partial charge is 0.493 e. The van der Waals surface area contributed by atoms with Crippen molar-refractivity contribution < 1.29 is 18.9 Å². The summed E-state index contributed by atoms with van der Waals surface area (Å²) in [6.45, 7) is 2.27. The molecular formula is C20H21NO4. The summed E-state index contributed by atoms with van der Waals surface area (Å²) in [4.78, 5) is 2.54. The maximum absolute atomic E-state index is 5.73. The van der Waals surface area contributed by atoms with Crippen molar-refractivity contribution in [2.24, 2.45) is 0 Å². The van der Waals surface area contributed by atoms with Crippen molar-refractivity contribution in [1.29, 1.82) is 0 Å². The molecule has 5 heteroatoms. The van der Waals surface area contributed by atoms with Crippen LogP contribution in [0, 0.1) is 0 Å². The Labute approximate surface area is 147 Å². The molecule has 0 unspecified atom stereocenters. The Morgan fingerprint density at radius 3 is 2.72 bits per heavy atom. The summed E-state index contributed by atoms with van der Waals surface area (Å²) in [5.74, 6) is 3.43. The van der Waals surface area contributed by atoms with Gasteiger partial charge in [-0.05, 0) is 47.7 Å². The zero-order valence-electron chi connectivity index (χ0n) is 14.5. The second-order valence-corrected chi connectivity index (χ2v) is 6.78. The summed E-state index contributed by atoms with van der Waals surface area (Å²) < 4.78 is 22.3. The summed E-state index contributed by atoms with van der Waals surface area (Å²) in [6, 6.07) is 8.89. The molecule has 3 aliphatic heterocycles. The molecule has 0 spiro atoms. The Morgan fingerprint density at radius 1 is 1.04 bits per heavy atom. The molecule has 3 heterocycles. The number of hydrogen-bond acceptors (Lipinski definition) is 5. The molecule has 0 aromatic heterocycles. The third kappa shape index (κ3) is 2.19. The molecule has 0 saturated heterocycles. The second kappa shape index (κ2) is 5.56. The molecule has 1 atom stereocenters. The van der Waals surface area contributed by atoms with Crippen molar-refractivity contribution in [3.05, 3.63) is 46.5 Å². The van der Waals surface area contributed by atoms with Gasteiger partial charge < -0.3 is 18.9 Å². The lowest BCUT2D eigenvalue weighted by molar-refractivity contribution is 0.151. The highest BCUT2D eigenvalue weighted by Crippen LogP contribution is 2.46. The number of rotatable bonds is 2. The monoisotopic (exact) mass is 339 g/mol. The van der Waals surface area contributed by atoms with Gasteiger partial charge in [-0.1, -0.05) is 6.07 Å². The first-order valence-electron chi connectivity index (χ1n) is 8.67. The fourth-order valence-corrected chi connectivity index (χ4v) is 4.36. The van der Waals surface area contributed by atoms with Crippen LogP contribution in [0.15, 0.2) is 24.3 Å². The molecule has 5 rings (SSSR count). The van der Waals surface area contributed by atoms with Crippen molar-refractivity contribution >= 4 is 0 Å². The van der Waals surface area contributed by atoms with E-state index in [4.69, 9.17) is 18.9 Å². The molecule has 2 aromatic carbocycles. The van der Waals surface area contributed by atoms with E-state index in [9.17, 15) is 0 Å². The van der Waals surface area contributed by atoms with Gasteiger partial charge in [0.05, 0.1) is 14.2 Å². The van der Waals surface area contributed by atoms with Crippen LogP contribution in [0.5, 0.6) is 23.0 Å². The van der Waals surface area contributed by atoms with E-state index in [1.54, 1.807) is 14.2 Å². The Kier molecular flexibility index (Phi) is 3.31. The predicted molar refractivity (Wildman–Crippen MR) is 92.7 cm³/mol. The van der Waals surface area contributed by atoms with Gasteiger partial charge in [-0.25, -0.2) is 0 Å². The van der Waals surface area contributed by atoms with Crippen molar-refractivity contribution in [2.45, 2.75) is 25.4 Å². The molecule has 2 aromatic rings. The average Bonchev–Trinajstić information content (AvgIpc) is 3.14. The fourth-order valence-electron chi connectivity index (χ4n) is 4.36. The minimum absolute atomic E-state index is 0.328. The number of hydrogen-bond donors (Lipinski definition) is 0. The van der Waals surface area contributed by atoms with E-state index in [0.717, 1.165) is 48.9 Å². The van der Waals surface area contributed by atoms with Crippen LogP contribution >= 0.6 is 0 Å². The minimum atomic E-state index is 0.328. The average molecular weight is 339 g/mol. The Morgan fingerprint density at radius 2 is 1.88 bits per heavy atom. The van der Waals surface area contributed by atoms with E-state index in [-0.39, 0.29) is 0 Å². The summed E-state index contributed by atoms with van der Waals surface area (Å²) in [7, 11) is 3.39. The zero-order valence-corrected chi connectivity index (χ0v) is 14.5. The number of methoxy groups -OCH3 is 2. The fraction of sp³-hybridized carbons (Fsp3) is 0.400. The van der Waals surface area contributed by atoms with Crippen molar-refractivity contribution in [1.82, 2.24) is 4.90 Å². The van der Waals surface area contributed by atoms with Crippen LogP contribution in [0.2, 0.25) is 0 Å². The number of nitrogens with zero attached hydrogens (tertiary/aromatic N) is 1. The van der Waals surface area contributed by atoms with Crippen molar-refractivity contribution in [2.75, 3.05) is 27.6 Å².